The molecule has 3 aromatic carbocycles. The summed E-state index contributed by atoms with van der Waals surface area (Å²) in [6.07, 6.45) is 1.52. The number of nitrogens with zero attached hydrogens (tertiary/aromatic N) is 2. The molecule has 51 heavy (non-hydrogen) atoms. The molecule has 268 valence electrons. The number of hydrogen-bond donors (Lipinski definition) is 5. The average molecular weight is 738 g/mol. The number of benzene rings is 3. The van der Waals surface area contributed by atoms with Gasteiger partial charge in [0.1, 0.15) is 34.8 Å². The number of urea groups is 1. The Morgan fingerprint density at radius 3 is 2.43 bits per heavy atom. The number of aromatic hydroxyl groups is 1. The first-order valence-electron chi connectivity index (χ1n) is 15.7. The summed E-state index contributed by atoms with van der Waals surface area (Å²) in [5.74, 6) is -0.752. The normalized spacial score (nSPS) is 12.0. The topological polar surface area (TPSA) is 160 Å². The van der Waals surface area contributed by atoms with Gasteiger partial charge in [-0.05, 0) is 73.0 Å². The third-order valence-electron chi connectivity index (χ3n) is 7.81. The number of nitrogens with one attached hydrogen (secondary N) is 3. The van der Waals surface area contributed by atoms with Crippen molar-refractivity contribution < 1.29 is 23.8 Å². The van der Waals surface area contributed by atoms with E-state index in [0.717, 1.165) is 5.56 Å². The second-order valence-corrected chi connectivity index (χ2v) is 13.5. The van der Waals surface area contributed by atoms with Crippen LogP contribution in [0.3, 0.4) is 0 Å². The van der Waals surface area contributed by atoms with E-state index >= 15 is 0 Å². The van der Waals surface area contributed by atoms with Crippen LogP contribution < -0.4 is 32.0 Å². The van der Waals surface area contributed by atoms with Gasteiger partial charge < -0.3 is 26.2 Å². The van der Waals surface area contributed by atoms with Crippen molar-refractivity contribution in [2.75, 3.05) is 7.05 Å². The highest BCUT2D eigenvalue weighted by Crippen LogP contribution is 2.29. The summed E-state index contributed by atoms with van der Waals surface area (Å²) in [5.41, 5.74) is 9.11. The van der Waals surface area contributed by atoms with E-state index in [4.69, 9.17) is 33.7 Å². The number of carbonyl (C=O) groups excluding carboxylic acids is 2. The van der Waals surface area contributed by atoms with Crippen molar-refractivity contribution in [1.29, 1.82) is 0 Å². The number of rotatable bonds is 9. The maximum Gasteiger partial charge on any atom is 0.320 e. The highest BCUT2D eigenvalue weighted by atomic mass is 35.5. The van der Waals surface area contributed by atoms with Gasteiger partial charge in [-0.1, -0.05) is 56.1 Å². The highest BCUT2D eigenvalue weighted by Gasteiger charge is 2.19. The molecule has 0 spiro atoms. The number of amides is 3. The van der Waals surface area contributed by atoms with Gasteiger partial charge in [0.2, 0.25) is 0 Å². The second kappa shape index (κ2) is 16.1. The maximum absolute atomic E-state index is 14.4. The van der Waals surface area contributed by atoms with Crippen molar-refractivity contribution in [3.05, 3.63) is 127 Å². The average Bonchev–Trinajstić information content (AvgIpc) is 3.07. The Kier molecular flexibility index (Phi) is 12.2. The Morgan fingerprint density at radius 1 is 1.04 bits per heavy atom. The minimum Gasteiger partial charge on any atom is -0.506 e. The molecular formula is C37H39Cl2FN6O5. The molecule has 0 bridgehead atoms. The van der Waals surface area contributed by atoms with Gasteiger partial charge >= 0.3 is 6.03 Å². The number of phenols is 1. The summed E-state index contributed by atoms with van der Waals surface area (Å²) in [6, 6.07) is 14.3. The molecule has 0 unspecified atom stereocenters. The van der Waals surface area contributed by atoms with Crippen LogP contribution in [0, 0.1) is 25.1 Å². The number of aromatic nitrogens is 1. The van der Waals surface area contributed by atoms with E-state index in [9.17, 15) is 23.9 Å². The Hall–Kier alpha value is -5.33. The third-order valence-corrected chi connectivity index (χ3v) is 8.46. The molecule has 11 nitrogen and oxygen atoms in total. The number of aryl methyl sites for hydroxylation is 2. The first kappa shape index (κ1) is 38.5. The number of allylic oxidation sites excluding steroid dienone is 1. The molecule has 4 aromatic rings. The van der Waals surface area contributed by atoms with E-state index in [2.05, 4.69) is 20.9 Å². The second-order valence-electron chi connectivity index (χ2n) is 12.7. The van der Waals surface area contributed by atoms with Crippen molar-refractivity contribution >= 4 is 46.7 Å². The molecule has 0 saturated heterocycles. The van der Waals surface area contributed by atoms with Crippen molar-refractivity contribution in [3.63, 3.8) is 0 Å². The Labute approximate surface area is 305 Å². The SMILES string of the molecule is CNC(=O)c1ccc(C)c(-n2c(C)cc(OCc3ccc(F)cc3CNC(=O)NC(C=C(N)C(C)(C)C)=Nc3ccc(O)c(Cl)c3)c(Cl)c2=O)c1. The van der Waals surface area contributed by atoms with Crippen LogP contribution >= 0.6 is 23.2 Å². The minimum absolute atomic E-state index is 0.0778. The van der Waals surface area contributed by atoms with Gasteiger partial charge in [0.15, 0.2) is 0 Å². The first-order valence-corrected chi connectivity index (χ1v) is 16.5. The smallest absolute Gasteiger partial charge is 0.320 e. The van der Waals surface area contributed by atoms with Crippen LogP contribution in [0.4, 0.5) is 14.9 Å². The molecule has 1 heterocycles. The predicted octanol–water partition coefficient (Wildman–Crippen LogP) is 6.96. The monoisotopic (exact) mass is 736 g/mol. The van der Waals surface area contributed by atoms with E-state index in [-0.39, 0.29) is 46.4 Å². The lowest BCUT2D eigenvalue weighted by Crippen LogP contribution is -2.39. The lowest BCUT2D eigenvalue weighted by Gasteiger charge is -2.19. The van der Waals surface area contributed by atoms with Crippen molar-refractivity contribution in [3.8, 4) is 17.2 Å². The van der Waals surface area contributed by atoms with Crippen LogP contribution in [0.2, 0.25) is 10.0 Å². The molecule has 0 saturated carbocycles. The molecule has 0 radical (unpaired) electrons. The van der Waals surface area contributed by atoms with Gasteiger partial charge in [-0.25, -0.2) is 14.2 Å². The van der Waals surface area contributed by atoms with E-state index in [0.29, 0.717) is 39.5 Å². The molecular weight excluding hydrogens is 698 g/mol. The number of phenolic OH excluding ortho intramolecular Hbond substituents is 1. The Balaban J connectivity index is 1.54. The summed E-state index contributed by atoms with van der Waals surface area (Å²) in [7, 11) is 1.52. The zero-order chi connectivity index (χ0) is 37.6. The maximum atomic E-state index is 14.4. The van der Waals surface area contributed by atoms with Crippen molar-refractivity contribution in [2.45, 2.75) is 47.8 Å². The van der Waals surface area contributed by atoms with E-state index in [1.807, 2.05) is 27.7 Å². The molecule has 0 atom stereocenters. The highest BCUT2D eigenvalue weighted by molar-refractivity contribution is 6.32. The number of ether oxygens (including phenoxy) is 1. The molecule has 6 N–H and O–H groups in total. The summed E-state index contributed by atoms with van der Waals surface area (Å²) >= 11 is 12.6. The van der Waals surface area contributed by atoms with Gasteiger partial charge in [-0.15, -0.1) is 0 Å². The molecule has 14 heteroatoms. The van der Waals surface area contributed by atoms with Crippen molar-refractivity contribution in [1.82, 2.24) is 20.5 Å². The molecule has 0 aliphatic carbocycles. The minimum atomic E-state index is -0.661. The Bertz CT molecular complexity index is 2110. The number of halogens is 3. The molecule has 0 fully saturated rings. The number of amidine groups is 1. The van der Waals surface area contributed by atoms with E-state index < -0.39 is 22.8 Å². The van der Waals surface area contributed by atoms with Crippen molar-refractivity contribution in [2.24, 2.45) is 16.1 Å². The van der Waals surface area contributed by atoms with Gasteiger partial charge in [0, 0.05) is 48.1 Å². The summed E-state index contributed by atoms with van der Waals surface area (Å²) in [5, 5.41) is 17.6. The first-order chi connectivity index (χ1) is 24.0. The summed E-state index contributed by atoms with van der Waals surface area (Å²) in [4.78, 5) is 43.2. The lowest BCUT2D eigenvalue weighted by atomic mass is 9.92. The van der Waals surface area contributed by atoms with Crippen LogP contribution in [0.1, 0.15) is 53.5 Å². The van der Waals surface area contributed by atoms with Gasteiger partial charge in [-0.2, -0.15) is 0 Å². The number of aliphatic imine (C=N–C) groups is 1. The fourth-order valence-electron chi connectivity index (χ4n) is 4.78. The molecule has 1 aromatic heterocycles. The standard InChI is InChI=1S/C37H39Cl2FN6O5/c1-20-7-8-22(34(48)42-6)15-28(20)46-21(2)13-30(33(39)35(46)49)51-19-23-9-10-25(40)14-24(23)18-43-36(50)45-32(17-31(41)37(3,4)5)44-26-11-12-29(47)27(38)16-26/h7-17,47H,18-19,41H2,1-6H3,(H,42,48)(H2,43,44,45,50). The van der Waals surface area contributed by atoms with E-state index in [1.165, 1.54) is 54.1 Å². The predicted molar refractivity (Wildman–Crippen MR) is 198 cm³/mol. The zero-order valence-corrected chi connectivity index (χ0v) is 30.5. The fourth-order valence-corrected chi connectivity index (χ4v) is 5.15. The number of carbonyl (C=O) groups is 2. The Morgan fingerprint density at radius 2 is 1.76 bits per heavy atom. The zero-order valence-electron chi connectivity index (χ0n) is 29.0. The molecule has 4 rings (SSSR count). The lowest BCUT2D eigenvalue weighted by molar-refractivity contribution is 0.0963. The number of pyridine rings is 1. The van der Waals surface area contributed by atoms with Gasteiger partial charge in [0.25, 0.3) is 11.5 Å². The number of hydrogen-bond acceptors (Lipinski definition) is 7. The van der Waals surface area contributed by atoms with Crippen LogP contribution in [0.15, 0.2) is 82.2 Å². The molecule has 0 aliphatic rings. The quantitative estimate of drug-likeness (QED) is 0.0923. The summed E-state index contributed by atoms with van der Waals surface area (Å²) < 4.78 is 21.8. The van der Waals surface area contributed by atoms with E-state index in [1.54, 1.807) is 31.2 Å². The molecule has 3 amide bonds. The number of nitrogens with two attached hydrogens (primary N) is 1. The van der Waals surface area contributed by atoms with Crippen LogP contribution in [0.25, 0.3) is 5.69 Å². The van der Waals surface area contributed by atoms with Crippen LogP contribution in [0.5, 0.6) is 11.5 Å². The largest absolute Gasteiger partial charge is 0.506 e. The summed E-state index contributed by atoms with van der Waals surface area (Å²) in [6.45, 7) is 9.01. The van der Waals surface area contributed by atoms with Crippen LogP contribution in [-0.4, -0.2) is 34.5 Å². The third kappa shape index (κ3) is 9.68. The fraction of sp³-hybridized carbons (Fsp3) is 0.243. The molecule has 0 aliphatic heterocycles. The van der Waals surface area contributed by atoms with Crippen LogP contribution in [-0.2, 0) is 13.2 Å². The van der Waals surface area contributed by atoms with Gasteiger partial charge in [0.05, 0.1) is 16.4 Å². The van der Waals surface area contributed by atoms with Gasteiger partial charge in [-0.3, -0.25) is 19.5 Å².